The Kier molecular flexibility index (Phi) is 4.68. The van der Waals surface area contributed by atoms with Crippen LogP contribution in [0.4, 0.5) is 10.2 Å². The summed E-state index contributed by atoms with van der Waals surface area (Å²) in [5, 5.41) is 3.04. The van der Waals surface area contributed by atoms with Gasteiger partial charge in [0.25, 0.3) is 0 Å². The Morgan fingerprint density at radius 2 is 1.81 bits per heavy atom. The maximum atomic E-state index is 13.7. The molecular formula is C15H16Br2FN3. The summed E-state index contributed by atoms with van der Waals surface area (Å²) in [6, 6.07) is 4.88. The SMILES string of the molecule is CNc1nc(-c2ccc(Br)c(F)c2)nc(C(C)(C)C)c1Br. The van der Waals surface area contributed by atoms with E-state index in [-0.39, 0.29) is 11.2 Å². The topological polar surface area (TPSA) is 37.8 Å². The molecule has 0 spiro atoms. The van der Waals surface area contributed by atoms with Gasteiger partial charge in [0.05, 0.1) is 14.6 Å². The van der Waals surface area contributed by atoms with E-state index in [1.807, 2.05) is 0 Å². The van der Waals surface area contributed by atoms with Crippen molar-refractivity contribution in [1.29, 1.82) is 0 Å². The first kappa shape index (κ1) is 16.4. The van der Waals surface area contributed by atoms with E-state index in [1.54, 1.807) is 19.2 Å². The fourth-order valence-corrected chi connectivity index (χ4v) is 3.09. The molecular weight excluding hydrogens is 401 g/mol. The molecule has 21 heavy (non-hydrogen) atoms. The number of aromatic nitrogens is 2. The van der Waals surface area contributed by atoms with Crippen LogP contribution in [-0.2, 0) is 5.41 Å². The molecule has 0 amide bonds. The minimum Gasteiger partial charge on any atom is -0.372 e. The molecule has 0 aliphatic heterocycles. The summed E-state index contributed by atoms with van der Waals surface area (Å²) in [7, 11) is 1.80. The molecule has 2 aromatic rings. The van der Waals surface area contributed by atoms with Crippen LogP contribution >= 0.6 is 31.9 Å². The lowest BCUT2D eigenvalue weighted by atomic mass is 9.91. The number of rotatable bonds is 2. The number of anilines is 1. The summed E-state index contributed by atoms with van der Waals surface area (Å²) in [5.74, 6) is 0.856. The lowest BCUT2D eigenvalue weighted by Gasteiger charge is -2.21. The summed E-state index contributed by atoms with van der Waals surface area (Å²) in [5.41, 5.74) is 1.36. The van der Waals surface area contributed by atoms with Gasteiger partial charge in [-0.1, -0.05) is 20.8 Å². The molecule has 0 fully saturated rings. The van der Waals surface area contributed by atoms with Crippen molar-refractivity contribution in [3.05, 3.63) is 38.7 Å². The maximum Gasteiger partial charge on any atom is 0.161 e. The first-order chi connectivity index (χ1) is 9.74. The van der Waals surface area contributed by atoms with Gasteiger partial charge >= 0.3 is 0 Å². The molecule has 112 valence electrons. The van der Waals surface area contributed by atoms with Gasteiger partial charge < -0.3 is 5.32 Å². The van der Waals surface area contributed by atoms with Crippen molar-refractivity contribution >= 4 is 37.7 Å². The molecule has 0 atom stereocenters. The van der Waals surface area contributed by atoms with E-state index in [2.05, 4.69) is 67.9 Å². The molecule has 1 aromatic carbocycles. The zero-order chi connectivity index (χ0) is 15.8. The summed E-state index contributed by atoms with van der Waals surface area (Å²) in [6.45, 7) is 6.22. The minimum atomic E-state index is -0.331. The van der Waals surface area contributed by atoms with Crippen LogP contribution in [0.15, 0.2) is 27.1 Å². The summed E-state index contributed by atoms with van der Waals surface area (Å²) in [4.78, 5) is 9.07. The van der Waals surface area contributed by atoms with Crippen LogP contribution in [-0.4, -0.2) is 17.0 Å². The van der Waals surface area contributed by atoms with Gasteiger partial charge in [0.1, 0.15) is 11.6 Å². The molecule has 0 aliphatic rings. The van der Waals surface area contributed by atoms with Crippen LogP contribution in [0.2, 0.25) is 0 Å². The lowest BCUT2D eigenvalue weighted by Crippen LogP contribution is -2.17. The molecule has 0 saturated carbocycles. The van der Waals surface area contributed by atoms with Gasteiger partial charge in [-0.05, 0) is 50.1 Å². The Hall–Kier alpha value is -1.01. The molecule has 0 unspecified atom stereocenters. The monoisotopic (exact) mass is 415 g/mol. The Labute approximate surface area is 140 Å². The van der Waals surface area contributed by atoms with Gasteiger partial charge in [-0.15, -0.1) is 0 Å². The average molecular weight is 417 g/mol. The highest BCUT2D eigenvalue weighted by atomic mass is 79.9. The van der Waals surface area contributed by atoms with E-state index in [9.17, 15) is 4.39 Å². The molecule has 2 rings (SSSR count). The smallest absolute Gasteiger partial charge is 0.161 e. The van der Waals surface area contributed by atoms with Crippen molar-refractivity contribution < 1.29 is 4.39 Å². The fraction of sp³-hybridized carbons (Fsp3) is 0.333. The van der Waals surface area contributed by atoms with Gasteiger partial charge in [-0.3, -0.25) is 0 Å². The van der Waals surface area contributed by atoms with Gasteiger partial charge in [-0.2, -0.15) is 0 Å². The molecule has 0 bridgehead atoms. The van der Waals surface area contributed by atoms with Crippen LogP contribution in [0.5, 0.6) is 0 Å². The van der Waals surface area contributed by atoms with Crippen LogP contribution in [0.25, 0.3) is 11.4 Å². The molecule has 0 aliphatic carbocycles. The maximum absolute atomic E-state index is 13.7. The minimum absolute atomic E-state index is 0.157. The van der Waals surface area contributed by atoms with Crippen molar-refractivity contribution in [3.63, 3.8) is 0 Å². The number of hydrogen-bond acceptors (Lipinski definition) is 3. The van der Waals surface area contributed by atoms with Gasteiger partial charge in [0.2, 0.25) is 0 Å². The number of nitrogens with one attached hydrogen (secondary N) is 1. The Balaban J connectivity index is 2.66. The van der Waals surface area contributed by atoms with Crippen LogP contribution in [0.3, 0.4) is 0 Å². The first-order valence-corrected chi connectivity index (χ1v) is 8.04. The lowest BCUT2D eigenvalue weighted by molar-refractivity contribution is 0.564. The third-order valence-corrected chi connectivity index (χ3v) is 4.37. The predicted molar refractivity (Wildman–Crippen MR) is 91.1 cm³/mol. The fourth-order valence-electron chi connectivity index (χ4n) is 1.87. The normalized spacial score (nSPS) is 11.6. The Morgan fingerprint density at radius 3 is 2.33 bits per heavy atom. The molecule has 1 heterocycles. The molecule has 6 heteroatoms. The average Bonchev–Trinajstić information content (AvgIpc) is 2.41. The number of nitrogens with zero attached hydrogens (tertiary/aromatic N) is 2. The molecule has 3 nitrogen and oxygen atoms in total. The zero-order valence-corrected chi connectivity index (χ0v) is 15.4. The van der Waals surface area contributed by atoms with E-state index in [0.717, 1.165) is 10.2 Å². The largest absolute Gasteiger partial charge is 0.372 e. The van der Waals surface area contributed by atoms with E-state index >= 15 is 0 Å². The molecule has 0 radical (unpaired) electrons. The van der Waals surface area contributed by atoms with Crippen LogP contribution in [0, 0.1) is 5.82 Å². The van der Waals surface area contributed by atoms with Crippen molar-refractivity contribution in [2.24, 2.45) is 0 Å². The van der Waals surface area contributed by atoms with E-state index in [1.165, 1.54) is 6.07 Å². The number of halogens is 3. The van der Waals surface area contributed by atoms with Gasteiger partial charge in [0.15, 0.2) is 5.82 Å². The standard InChI is InChI=1S/C15H16Br2FN3/c1-15(2,3)12-11(17)14(19-4)21-13(20-12)8-5-6-9(16)10(18)7-8/h5-7H,1-4H3,(H,19,20,21). The third-order valence-electron chi connectivity index (χ3n) is 2.98. The molecule has 1 aromatic heterocycles. The van der Waals surface area contributed by atoms with Crippen LogP contribution in [0.1, 0.15) is 26.5 Å². The second kappa shape index (κ2) is 6.01. The summed E-state index contributed by atoms with van der Waals surface area (Å²) < 4.78 is 15.0. The van der Waals surface area contributed by atoms with Gasteiger partial charge in [-0.25, -0.2) is 14.4 Å². The van der Waals surface area contributed by atoms with E-state index in [4.69, 9.17) is 0 Å². The highest BCUT2D eigenvalue weighted by Gasteiger charge is 2.23. The molecule has 0 saturated heterocycles. The highest BCUT2D eigenvalue weighted by molar-refractivity contribution is 9.11. The zero-order valence-electron chi connectivity index (χ0n) is 12.3. The van der Waals surface area contributed by atoms with Crippen molar-refractivity contribution in [3.8, 4) is 11.4 Å². The molecule has 1 N–H and O–H groups in total. The quantitative estimate of drug-likeness (QED) is 0.735. The first-order valence-electron chi connectivity index (χ1n) is 6.45. The predicted octanol–water partition coefficient (Wildman–Crippen LogP) is 5.15. The second-order valence-electron chi connectivity index (χ2n) is 5.69. The van der Waals surface area contributed by atoms with Gasteiger partial charge in [0, 0.05) is 18.0 Å². The summed E-state index contributed by atoms with van der Waals surface area (Å²) in [6.07, 6.45) is 0. The van der Waals surface area contributed by atoms with Crippen LogP contribution < -0.4 is 5.32 Å². The van der Waals surface area contributed by atoms with Crippen molar-refractivity contribution in [2.75, 3.05) is 12.4 Å². The Morgan fingerprint density at radius 1 is 1.14 bits per heavy atom. The third kappa shape index (κ3) is 3.43. The number of benzene rings is 1. The van der Waals surface area contributed by atoms with E-state index in [0.29, 0.717) is 21.7 Å². The van der Waals surface area contributed by atoms with Crippen molar-refractivity contribution in [2.45, 2.75) is 26.2 Å². The second-order valence-corrected chi connectivity index (χ2v) is 7.33. The summed E-state index contributed by atoms with van der Waals surface area (Å²) >= 11 is 6.69. The van der Waals surface area contributed by atoms with Crippen molar-refractivity contribution in [1.82, 2.24) is 9.97 Å². The highest BCUT2D eigenvalue weighted by Crippen LogP contribution is 2.34. The van der Waals surface area contributed by atoms with E-state index < -0.39 is 0 Å². The number of hydrogen-bond donors (Lipinski definition) is 1. The Bertz CT molecular complexity index is 681.